The topological polar surface area (TPSA) is 88.2 Å². The average molecular weight is 370 g/mol. The van der Waals surface area contributed by atoms with Gasteiger partial charge < -0.3 is 16.2 Å². The van der Waals surface area contributed by atoms with Crippen LogP contribution in [0.15, 0.2) is 35.7 Å². The summed E-state index contributed by atoms with van der Waals surface area (Å²) in [7, 11) is 0. The first-order valence-electron chi connectivity index (χ1n) is 7.75. The molecule has 2 unspecified atom stereocenters. The fraction of sp³-hybridized carbons (Fsp3) is 0.412. The molecule has 0 aliphatic rings. The van der Waals surface area contributed by atoms with Crippen molar-refractivity contribution in [3.63, 3.8) is 0 Å². The Hall–Kier alpha value is -1.47. The third kappa shape index (κ3) is 6.20. The number of amides is 1. The van der Waals surface area contributed by atoms with E-state index in [4.69, 9.17) is 5.73 Å². The first-order valence-corrected chi connectivity index (χ1v) is 8.63. The minimum atomic E-state index is -0.424. The van der Waals surface area contributed by atoms with Gasteiger partial charge in [0.05, 0.1) is 11.1 Å². The summed E-state index contributed by atoms with van der Waals surface area (Å²) < 4.78 is 0. The number of aliphatic hydroxyl groups is 1. The lowest BCUT2D eigenvalue weighted by molar-refractivity contribution is 0.0941. The standard InChI is InChI=1S/C17H23N3O2S.ClH/c1-12(21)9-14(13-5-3-2-4-6-13)10-19-17(22)15-11-23-16(20-15)7-8-18;/h2-6,11-12,14,21H,7-10,18H2,1H3,(H,19,22);1H. The van der Waals surface area contributed by atoms with Gasteiger partial charge in [-0.25, -0.2) is 4.98 Å². The van der Waals surface area contributed by atoms with Gasteiger partial charge >= 0.3 is 0 Å². The van der Waals surface area contributed by atoms with Crippen LogP contribution in [0.5, 0.6) is 0 Å². The number of nitrogens with two attached hydrogens (primary N) is 1. The Morgan fingerprint density at radius 2 is 2.08 bits per heavy atom. The van der Waals surface area contributed by atoms with Crippen LogP contribution >= 0.6 is 23.7 Å². The Labute approximate surface area is 152 Å². The summed E-state index contributed by atoms with van der Waals surface area (Å²) >= 11 is 1.45. The average Bonchev–Trinajstić information content (AvgIpc) is 3.01. The number of carbonyl (C=O) groups is 1. The van der Waals surface area contributed by atoms with E-state index in [0.717, 1.165) is 10.6 Å². The van der Waals surface area contributed by atoms with E-state index in [0.29, 0.717) is 31.6 Å². The number of carbonyl (C=O) groups excluding carboxylic acids is 1. The van der Waals surface area contributed by atoms with Gasteiger partial charge in [-0.05, 0) is 25.5 Å². The molecule has 1 aromatic carbocycles. The summed E-state index contributed by atoms with van der Waals surface area (Å²) in [4.78, 5) is 16.5. The zero-order chi connectivity index (χ0) is 16.7. The molecule has 1 amide bonds. The number of aliphatic hydroxyl groups excluding tert-OH is 1. The van der Waals surface area contributed by atoms with Crippen molar-refractivity contribution in [2.45, 2.75) is 31.8 Å². The number of thiazole rings is 1. The molecule has 1 aromatic heterocycles. The first-order chi connectivity index (χ1) is 11.1. The zero-order valence-electron chi connectivity index (χ0n) is 13.6. The molecule has 2 aromatic rings. The second-order valence-corrected chi connectivity index (χ2v) is 6.51. The molecule has 2 atom stereocenters. The molecule has 0 radical (unpaired) electrons. The third-order valence-corrected chi connectivity index (χ3v) is 4.46. The predicted octanol–water partition coefficient (Wildman–Crippen LogP) is 2.35. The Balaban J connectivity index is 0.00000288. The predicted molar refractivity (Wildman–Crippen MR) is 99.9 cm³/mol. The van der Waals surface area contributed by atoms with Gasteiger partial charge in [-0.15, -0.1) is 23.7 Å². The van der Waals surface area contributed by atoms with Crippen LogP contribution in [0.4, 0.5) is 0 Å². The summed E-state index contributed by atoms with van der Waals surface area (Å²) in [6, 6.07) is 9.91. The number of hydrogen-bond acceptors (Lipinski definition) is 5. The number of rotatable bonds is 8. The Kier molecular flexibility index (Phi) is 8.92. The van der Waals surface area contributed by atoms with E-state index in [-0.39, 0.29) is 24.2 Å². The fourth-order valence-corrected chi connectivity index (χ4v) is 3.23. The zero-order valence-corrected chi connectivity index (χ0v) is 15.3. The molecule has 1 heterocycles. The number of nitrogens with one attached hydrogen (secondary N) is 1. The molecule has 0 spiro atoms. The van der Waals surface area contributed by atoms with Crippen molar-refractivity contribution in [2.75, 3.05) is 13.1 Å². The van der Waals surface area contributed by atoms with E-state index in [1.165, 1.54) is 11.3 Å². The maximum atomic E-state index is 12.2. The first kappa shape index (κ1) is 20.6. The molecule has 4 N–H and O–H groups in total. The minimum Gasteiger partial charge on any atom is -0.393 e. The second kappa shape index (κ2) is 10.4. The fourth-order valence-electron chi connectivity index (χ4n) is 2.43. The van der Waals surface area contributed by atoms with E-state index < -0.39 is 6.10 Å². The third-order valence-electron chi connectivity index (χ3n) is 3.55. The SMILES string of the molecule is CC(O)CC(CNC(=O)c1csc(CCN)n1)c1ccccc1.Cl. The Morgan fingerprint density at radius 1 is 1.38 bits per heavy atom. The number of aromatic nitrogens is 1. The maximum absolute atomic E-state index is 12.2. The molecule has 0 aliphatic heterocycles. The van der Waals surface area contributed by atoms with Gasteiger partial charge in [0.1, 0.15) is 5.69 Å². The van der Waals surface area contributed by atoms with E-state index in [2.05, 4.69) is 10.3 Å². The van der Waals surface area contributed by atoms with Crippen molar-refractivity contribution in [3.05, 3.63) is 52.0 Å². The molecule has 0 saturated heterocycles. The summed E-state index contributed by atoms with van der Waals surface area (Å²) in [5.41, 5.74) is 7.04. The molecule has 0 saturated carbocycles. The highest BCUT2D eigenvalue weighted by molar-refractivity contribution is 7.09. The lowest BCUT2D eigenvalue weighted by atomic mass is 9.93. The Morgan fingerprint density at radius 3 is 2.71 bits per heavy atom. The molecule has 2 rings (SSSR count). The van der Waals surface area contributed by atoms with Gasteiger partial charge in [0, 0.05) is 24.3 Å². The highest BCUT2D eigenvalue weighted by Crippen LogP contribution is 2.20. The molecule has 7 heteroatoms. The quantitative estimate of drug-likeness (QED) is 0.666. The second-order valence-electron chi connectivity index (χ2n) is 5.57. The van der Waals surface area contributed by atoms with Gasteiger partial charge in [0.2, 0.25) is 0 Å². The van der Waals surface area contributed by atoms with Crippen molar-refractivity contribution in [1.29, 1.82) is 0 Å². The molecule has 132 valence electrons. The normalized spacial score (nSPS) is 13.0. The van der Waals surface area contributed by atoms with Crippen molar-refractivity contribution >= 4 is 29.7 Å². The van der Waals surface area contributed by atoms with Crippen LogP contribution in [0.25, 0.3) is 0 Å². The molecule has 24 heavy (non-hydrogen) atoms. The van der Waals surface area contributed by atoms with E-state index in [1.54, 1.807) is 12.3 Å². The van der Waals surface area contributed by atoms with Crippen LogP contribution < -0.4 is 11.1 Å². The summed E-state index contributed by atoms with van der Waals surface area (Å²) in [6.07, 6.45) is 0.861. The number of benzene rings is 1. The molecular formula is C17H24ClN3O2S. The summed E-state index contributed by atoms with van der Waals surface area (Å²) in [5.74, 6) is -0.113. The minimum absolute atomic E-state index is 0. The largest absolute Gasteiger partial charge is 0.393 e. The number of nitrogens with zero attached hydrogens (tertiary/aromatic N) is 1. The molecule has 0 fully saturated rings. The number of halogens is 1. The van der Waals surface area contributed by atoms with Crippen molar-refractivity contribution in [3.8, 4) is 0 Å². The van der Waals surface area contributed by atoms with E-state index in [1.807, 2.05) is 30.3 Å². The van der Waals surface area contributed by atoms with Crippen molar-refractivity contribution < 1.29 is 9.90 Å². The molecule has 0 bridgehead atoms. The van der Waals surface area contributed by atoms with Crippen molar-refractivity contribution in [1.82, 2.24) is 10.3 Å². The number of hydrogen-bond donors (Lipinski definition) is 3. The van der Waals surface area contributed by atoms with Gasteiger partial charge in [-0.2, -0.15) is 0 Å². The lowest BCUT2D eigenvalue weighted by Gasteiger charge is -2.19. The molecule has 5 nitrogen and oxygen atoms in total. The van der Waals surface area contributed by atoms with Crippen LogP contribution in [0.3, 0.4) is 0 Å². The highest BCUT2D eigenvalue weighted by Gasteiger charge is 2.17. The Bertz CT molecular complexity index is 619. The maximum Gasteiger partial charge on any atom is 0.270 e. The van der Waals surface area contributed by atoms with Crippen LogP contribution in [-0.4, -0.2) is 35.2 Å². The molecule has 0 aliphatic carbocycles. The van der Waals surface area contributed by atoms with Crippen LogP contribution in [0, 0.1) is 0 Å². The van der Waals surface area contributed by atoms with Crippen LogP contribution in [0.1, 0.15) is 40.3 Å². The van der Waals surface area contributed by atoms with Gasteiger partial charge in [0.15, 0.2) is 0 Å². The highest BCUT2D eigenvalue weighted by atomic mass is 35.5. The van der Waals surface area contributed by atoms with E-state index in [9.17, 15) is 9.90 Å². The van der Waals surface area contributed by atoms with Gasteiger partial charge in [0.25, 0.3) is 5.91 Å². The van der Waals surface area contributed by atoms with Crippen LogP contribution in [0.2, 0.25) is 0 Å². The monoisotopic (exact) mass is 369 g/mol. The molecular weight excluding hydrogens is 346 g/mol. The lowest BCUT2D eigenvalue weighted by Crippen LogP contribution is -2.30. The van der Waals surface area contributed by atoms with Gasteiger partial charge in [-0.1, -0.05) is 30.3 Å². The van der Waals surface area contributed by atoms with Gasteiger partial charge in [-0.3, -0.25) is 4.79 Å². The van der Waals surface area contributed by atoms with Crippen molar-refractivity contribution in [2.24, 2.45) is 5.73 Å². The van der Waals surface area contributed by atoms with E-state index >= 15 is 0 Å². The van der Waals surface area contributed by atoms with Crippen LogP contribution in [-0.2, 0) is 6.42 Å². The smallest absolute Gasteiger partial charge is 0.270 e. The summed E-state index contributed by atoms with van der Waals surface area (Å²) in [6.45, 7) is 2.76. The summed E-state index contributed by atoms with van der Waals surface area (Å²) in [5, 5.41) is 15.2.